The minimum atomic E-state index is -3.84. The molecule has 0 atom stereocenters. The average molecular weight is 551 g/mol. The van der Waals surface area contributed by atoms with E-state index in [0.29, 0.717) is 0 Å². The van der Waals surface area contributed by atoms with Crippen molar-refractivity contribution in [3.8, 4) is 0 Å². The Labute approximate surface area is 223 Å². The lowest BCUT2D eigenvalue weighted by Crippen LogP contribution is -2.38. The van der Waals surface area contributed by atoms with Crippen molar-refractivity contribution in [3.05, 3.63) is 62.9 Å². The molecule has 14 heteroatoms. The summed E-state index contributed by atoms with van der Waals surface area (Å²) in [4.78, 5) is 40.3. The first-order valence-corrected chi connectivity index (χ1v) is 13.6. The number of sulfonamides is 1. The fourth-order valence-electron chi connectivity index (χ4n) is 3.13. The van der Waals surface area contributed by atoms with Gasteiger partial charge >= 0.3 is 0 Å². The van der Waals surface area contributed by atoms with E-state index >= 15 is 0 Å². The van der Waals surface area contributed by atoms with Crippen molar-refractivity contribution < 1.29 is 13.2 Å². The molecule has 0 aliphatic heterocycles. The molecule has 0 unspecified atom stereocenters. The Kier molecular flexibility index (Phi) is 11.3. The summed E-state index contributed by atoms with van der Waals surface area (Å²) in [5.74, 6) is -0.572. The largest absolute Gasteiger partial charge is 0.375 e. The van der Waals surface area contributed by atoms with Crippen molar-refractivity contribution in [2.75, 3.05) is 42.3 Å². The van der Waals surface area contributed by atoms with Gasteiger partial charge in [-0.25, -0.2) is 22.5 Å². The van der Waals surface area contributed by atoms with Crippen LogP contribution in [-0.4, -0.2) is 65.3 Å². The SMILES string of the molecule is C=C/C(=C\C=C/C)CNc1c(Nc2c(NS(C)(=O)=O)c(C(=O)N(C)C)nn2C)c(=O)n(C)n(C)c1=O.CC. The van der Waals surface area contributed by atoms with Crippen LogP contribution in [0.4, 0.5) is 22.9 Å². The van der Waals surface area contributed by atoms with E-state index in [9.17, 15) is 22.8 Å². The predicted molar refractivity (Wildman–Crippen MR) is 153 cm³/mol. The first-order chi connectivity index (χ1) is 17.7. The second-order valence-electron chi connectivity index (χ2n) is 8.13. The number of aromatic nitrogens is 4. The highest BCUT2D eigenvalue weighted by Gasteiger charge is 2.27. The molecule has 0 spiro atoms. The van der Waals surface area contributed by atoms with Gasteiger partial charge in [-0.1, -0.05) is 44.7 Å². The van der Waals surface area contributed by atoms with E-state index < -0.39 is 27.0 Å². The van der Waals surface area contributed by atoms with Crippen LogP contribution in [0, 0.1) is 0 Å². The second kappa shape index (κ2) is 13.5. The minimum Gasteiger partial charge on any atom is -0.375 e. The molecule has 2 heterocycles. The van der Waals surface area contributed by atoms with Gasteiger partial charge in [0.25, 0.3) is 17.0 Å². The summed E-state index contributed by atoms with van der Waals surface area (Å²) >= 11 is 0. The molecule has 3 N–H and O–H groups in total. The zero-order valence-electron chi connectivity index (χ0n) is 23.4. The molecule has 0 bridgehead atoms. The molecule has 0 fully saturated rings. The third-order valence-electron chi connectivity index (χ3n) is 5.14. The maximum atomic E-state index is 13.2. The standard InChI is InChI=1S/C22H32N8O5S.C2H6/c1-9-11-12-14(10-2)13-23-16-17(22(33)30(7)29(6)21(16)32)24-19-15(26-36(8,34)35)18(25-28(19)5)20(31)27(3)4;1-2/h9-12,23-24,26H,2,13H2,1,3-8H3;1-2H3/b11-9-,14-12+;. The number of nitrogens with one attached hydrogen (secondary N) is 3. The minimum absolute atomic E-state index is 0.00701. The molecule has 2 rings (SSSR count). The molecule has 0 aliphatic carbocycles. The van der Waals surface area contributed by atoms with Crippen molar-refractivity contribution in [2.24, 2.45) is 21.1 Å². The number of carbonyl (C=O) groups excluding carboxylic acids is 1. The van der Waals surface area contributed by atoms with E-state index in [1.54, 1.807) is 12.2 Å². The molecule has 0 saturated heterocycles. The molecule has 13 nitrogen and oxygen atoms in total. The number of carbonyl (C=O) groups is 1. The fraction of sp³-hybridized carbons (Fsp3) is 0.417. The summed E-state index contributed by atoms with van der Waals surface area (Å²) in [7, 11) is 3.47. The second-order valence-corrected chi connectivity index (χ2v) is 9.88. The quantitative estimate of drug-likeness (QED) is 0.379. The predicted octanol–water partition coefficient (Wildman–Crippen LogP) is 1.76. The highest BCUT2D eigenvalue weighted by Crippen LogP contribution is 2.31. The third-order valence-corrected chi connectivity index (χ3v) is 5.71. The first kappa shape index (κ1) is 32.0. The number of amides is 1. The fourth-order valence-corrected chi connectivity index (χ4v) is 3.69. The Hall–Kier alpha value is -4.07. The number of allylic oxidation sites excluding steroid dienone is 3. The molecular weight excluding hydrogens is 512 g/mol. The van der Waals surface area contributed by atoms with Crippen LogP contribution in [0.1, 0.15) is 31.3 Å². The molecule has 0 saturated carbocycles. The monoisotopic (exact) mass is 550 g/mol. The van der Waals surface area contributed by atoms with E-state index in [2.05, 4.69) is 27.0 Å². The molecular formula is C24H38N8O5S. The van der Waals surface area contributed by atoms with Crippen LogP contribution in [0.25, 0.3) is 0 Å². The van der Waals surface area contributed by atoms with E-state index in [0.717, 1.165) is 21.2 Å². The zero-order valence-corrected chi connectivity index (χ0v) is 24.2. The van der Waals surface area contributed by atoms with Crippen LogP contribution < -0.4 is 26.5 Å². The summed E-state index contributed by atoms with van der Waals surface area (Å²) in [6.45, 7) is 9.79. The van der Waals surface area contributed by atoms with E-state index in [1.165, 1.54) is 44.8 Å². The van der Waals surface area contributed by atoms with Gasteiger partial charge in [0.2, 0.25) is 10.0 Å². The molecule has 1 amide bonds. The number of aryl methyl sites for hydroxylation is 1. The Balaban J connectivity index is 0.00000352. The Bertz CT molecular complexity index is 1460. The number of hydrogen-bond acceptors (Lipinski definition) is 8. The van der Waals surface area contributed by atoms with E-state index in [4.69, 9.17) is 0 Å². The molecule has 38 heavy (non-hydrogen) atoms. The van der Waals surface area contributed by atoms with Gasteiger partial charge in [-0.05, 0) is 12.5 Å². The van der Waals surface area contributed by atoms with Crippen molar-refractivity contribution in [1.29, 1.82) is 0 Å². The topological polar surface area (TPSA) is 152 Å². The first-order valence-electron chi connectivity index (χ1n) is 11.7. The smallest absolute Gasteiger partial charge is 0.291 e. The lowest BCUT2D eigenvalue weighted by Gasteiger charge is -2.18. The maximum Gasteiger partial charge on any atom is 0.291 e. The average Bonchev–Trinajstić information content (AvgIpc) is 3.16. The number of anilines is 4. The van der Waals surface area contributed by atoms with Gasteiger partial charge < -0.3 is 15.5 Å². The van der Waals surface area contributed by atoms with Gasteiger partial charge in [0, 0.05) is 41.8 Å². The van der Waals surface area contributed by atoms with Gasteiger partial charge in [-0.15, -0.1) is 0 Å². The van der Waals surface area contributed by atoms with Crippen molar-refractivity contribution in [1.82, 2.24) is 24.0 Å². The van der Waals surface area contributed by atoms with Crippen molar-refractivity contribution >= 4 is 38.8 Å². The molecule has 0 aromatic carbocycles. The van der Waals surface area contributed by atoms with Crippen LogP contribution in [0.3, 0.4) is 0 Å². The van der Waals surface area contributed by atoms with E-state index in [1.807, 2.05) is 32.9 Å². The van der Waals surface area contributed by atoms with Crippen LogP contribution in [0.15, 0.2) is 46.0 Å². The number of nitrogens with zero attached hydrogens (tertiary/aromatic N) is 5. The molecule has 210 valence electrons. The number of hydrogen-bond donors (Lipinski definition) is 3. The summed E-state index contributed by atoms with van der Waals surface area (Å²) in [6.07, 6.45) is 7.97. The lowest BCUT2D eigenvalue weighted by atomic mass is 10.2. The van der Waals surface area contributed by atoms with Gasteiger partial charge in [0.15, 0.2) is 11.5 Å². The summed E-state index contributed by atoms with van der Waals surface area (Å²) in [6, 6.07) is 0. The Morgan fingerprint density at radius 3 is 2.08 bits per heavy atom. The molecule has 2 aromatic rings. The molecule has 0 radical (unpaired) electrons. The molecule has 0 aliphatic rings. The molecule has 2 aromatic heterocycles. The van der Waals surface area contributed by atoms with Gasteiger partial charge in [0.05, 0.1) is 6.26 Å². The van der Waals surface area contributed by atoms with Gasteiger partial charge in [0.1, 0.15) is 17.1 Å². The van der Waals surface area contributed by atoms with Crippen molar-refractivity contribution in [3.63, 3.8) is 0 Å². The Morgan fingerprint density at radius 2 is 1.61 bits per heavy atom. The summed E-state index contributed by atoms with van der Waals surface area (Å²) < 4.78 is 29.9. The van der Waals surface area contributed by atoms with E-state index in [-0.39, 0.29) is 35.1 Å². The summed E-state index contributed by atoms with van der Waals surface area (Å²) in [5.41, 5.74) is -0.900. The van der Waals surface area contributed by atoms with Crippen LogP contribution >= 0.6 is 0 Å². The number of rotatable bonds is 10. The normalized spacial score (nSPS) is 11.6. The maximum absolute atomic E-state index is 13.2. The van der Waals surface area contributed by atoms with Gasteiger partial charge in [-0.3, -0.25) is 19.1 Å². The highest BCUT2D eigenvalue weighted by atomic mass is 32.2. The third kappa shape index (κ3) is 7.47. The zero-order chi connectivity index (χ0) is 29.4. The van der Waals surface area contributed by atoms with Crippen LogP contribution in [0.2, 0.25) is 0 Å². The lowest BCUT2D eigenvalue weighted by molar-refractivity contribution is 0.0822. The Morgan fingerprint density at radius 1 is 1.05 bits per heavy atom. The van der Waals surface area contributed by atoms with Crippen LogP contribution in [0.5, 0.6) is 0 Å². The highest BCUT2D eigenvalue weighted by molar-refractivity contribution is 7.92. The van der Waals surface area contributed by atoms with Crippen LogP contribution in [-0.2, 0) is 31.2 Å². The summed E-state index contributed by atoms with van der Waals surface area (Å²) in [5, 5.41) is 9.97. The van der Waals surface area contributed by atoms with Crippen molar-refractivity contribution in [2.45, 2.75) is 20.8 Å². The van der Waals surface area contributed by atoms with Gasteiger partial charge in [-0.2, -0.15) is 5.10 Å².